The SMILES string of the molecule is C=C(/C=C\C)S(=N)(=O)NC. The molecule has 0 aliphatic carbocycles. The van der Waals surface area contributed by atoms with Crippen LogP contribution in [0.2, 0.25) is 0 Å². The highest BCUT2D eigenvalue weighted by atomic mass is 32.2. The lowest BCUT2D eigenvalue weighted by Crippen LogP contribution is -2.17. The lowest BCUT2D eigenvalue weighted by atomic mass is 10.5. The molecule has 0 rings (SSSR count). The maximum atomic E-state index is 11.0. The van der Waals surface area contributed by atoms with Crippen molar-refractivity contribution < 1.29 is 4.21 Å². The van der Waals surface area contributed by atoms with Crippen LogP contribution in [0, 0.1) is 4.78 Å². The van der Waals surface area contributed by atoms with E-state index in [1.165, 1.54) is 7.05 Å². The molecule has 0 saturated carbocycles. The van der Waals surface area contributed by atoms with Gasteiger partial charge in [-0.05, 0) is 20.0 Å². The van der Waals surface area contributed by atoms with Gasteiger partial charge in [0, 0.05) is 0 Å². The first-order chi connectivity index (χ1) is 4.54. The third-order valence-corrected chi connectivity index (χ3v) is 2.46. The fourth-order valence-corrected chi connectivity index (χ4v) is 1.00. The maximum Gasteiger partial charge on any atom is 0.133 e. The third kappa shape index (κ3) is 2.33. The van der Waals surface area contributed by atoms with Crippen LogP contribution in [0.15, 0.2) is 23.6 Å². The molecular weight excluding hydrogens is 148 g/mol. The monoisotopic (exact) mass is 160 g/mol. The molecule has 58 valence electrons. The van der Waals surface area contributed by atoms with Crippen molar-refractivity contribution in [1.29, 1.82) is 4.78 Å². The summed E-state index contributed by atoms with van der Waals surface area (Å²) in [5.41, 5.74) is 0. The Balaban J connectivity index is 4.52. The van der Waals surface area contributed by atoms with Crippen LogP contribution in [0.5, 0.6) is 0 Å². The molecule has 0 aromatic rings. The largest absolute Gasteiger partial charge is 0.236 e. The molecule has 0 heterocycles. The van der Waals surface area contributed by atoms with Gasteiger partial charge in [-0.15, -0.1) is 0 Å². The molecule has 0 amide bonds. The van der Waals surface area contributed by atoms with E-state index in [4.69, 9.17) is 4.78 Å². The summed E-state index contributed by atoms with van der Waals surface area (Å²) in [5, 5.41) is 0. The highest BCUT2D eigenvalue weighted by Gasteiger charge is 2.02. The second-order valence-electron chi connectivity index (χ2n) is 1.73. The van der Waals surface area contributed by atoms with E-state index in [1.54, 1.807) is 19.1 Å². The molecule has 1 atom stereocenters. The number of allylic oxidation sites excluding steroid dienone is 2. The lowest BCUT2D eigenvalue weighted by molar-refractivity contribution is 0.674. The van der Waals surface area contributed by atoms with Gasteiger partial charge in [-0.1, -0.05) is 12.7 Å². The minimum absolute atomic E-state index is 0.303. The van der Waals surface area contributed by atoms with Crippen LogP contribution < -0.4 is 4.72 Å². The van der Waals surface area contributed by atoms with E-state index < -0.39 is 9.92 Å². The Labute approximate surface area is 61.9 Å². The van der Waals surface area contributed by atoms with Crippen LogP contribution in [-0.2, 0) is 9.92 Å². The number of hydrogen-bond donors (Lipinski definition) is 2. The van der Waals surface area contributed by atoms with Crippen molar-refractivity contribution in [2.45, 2.75) is 6.92 Å². The van der Waals surface area contributed by atoms with Gasteiger partial charge in [0.25, 0.3) is 0 Å². The highest BCUT2D eigenvalue weighted by Crippen LogP contribution is 2.02. The lowest BCUT2D eigenvalue weighted by Gasteiger charge is -2.02. The average Bonchev–Trinajstić information content (AvgIpc) is 1.89. The van der Waals surface area contributed by atoms with Crippen LogP contribution in [-0.4, -0.2) is 11.3 Å². The molecule has 0 fully saturated rings. The summed E-state index contributed by atoms with van der Waals surface area (Å²) in [6.45, 7) is 5.26. The normalized spacial score (nSPS) is 17.0. The zero-order valence-corrected chi connectivity index (χ0v) is 6.99. The van der Waals surface area contributed by atoms with Crippen molar-refractivity contribution in [3.05, 3.63) is 23.6 Å². The molecule has 1 unspecified atom stereocenters. The van der Waals surface area contributed by atoms with Gasteiger partial charge in [-0.2, -0.15) is 0 Å². The van der Waals surface area contributed by atoms with E-state index in [0.29, 0.717) is 4.91 Å². The molecule has 0 spiro atoms. The van der Waals surface area contributed by atoms with Crippen molar-refractivity contribution in [1.82, 2.24) is 4.72 Å². The first kappa shape index (κ1) is 9.39. The van der Waals surface area contributed by atoms with Crippen molar-refractivity contribution >= 4 is 9.92 Å². The summed E-state index contributed by atoms with van der Waals surface area (Å²) >= 11 is 0. The van der Waals surface area contributed by atoms with E-state index in [9.17, 15) is 4.21 Å². The molecule has 4 heteroatoms. The summed E-state index contributed by atoms with van der Waals surface area (Å²) in [6, 6.07) is 0. The predicted molar refractivity (Wildman–Crippen MR) is 43.9 cm³/mol. The Morgan fingerprint density at radius 3 is 2.60 bits per heavy atom. The second kappa shape index (κ2) is 3.53. The molecular formula is C6H12N2OS. The quantitative estimate of drug-likeness (QED) is 0.600. The molecule has 0 aliphatic heterocycles. The van der Waals surface area contributed by atoms with Gasteiger partial charge < -0.3 is 0 Å². The zero-order valence-electron chi connectivity index (χ0n) is 6.18. The Kier molecular flexibility index (Phi) is 3.32. The average molecular weight is 160 g/mol. The minimum Gasteiger partial charge on any atom is -0.236 e. The molecule has 0 saturated heterocycles. The van der Waals surface area contributed by atoms with Crippen LogP contribution in [0.25, 0.3) is 0 Å². The first-order valence-corrected chi connectivity index (χ1v) is 4.39. The van der Waals surface area contributed by atoms with Gasteiger partial charge in [0.2, 0.25) is 0 Å². The van der Waals surface area contributed by atoms with Gasteiger partial charge in [0.1, 0.15) is 9.92 Å². The highest BCUT2D eigenvalue weighted by molar-refractivity contribution is 7.94. The molecule has 0 radical (unpaired) electrons. The van der Waals surface area contributed by atoms with E-state index >= 15 is 0 Å². The Morgan fingerprint density at radius 1 is 1.80 bits per heavy atom. The van der Waals surface area contributed by atoms with Gasteiger partial charge in [-0.3, -0.25) is 0 Å². The molecule has 0 aliphatic rings. The molecule has 2 N–H and O–H groups in total. The summed E-state index contributed by atoms with van der Waals surface area (Å²) < 4.78 is 20.6. The zero-order chi connectivity index (χ0) is 8.20. The van der Waals surface area contributed by atoms with Crippen LogP contribution in [0.4, 0.5) is 0 Å². The van der Waals surface area contributed by atoms with E-state index in [-0.39, 0.29) is 0 Å². The van der Waals surface area contributed by atoms with Gasteiger partial charge in [-0.25, -0.2) is 13.7 Å². The minimum atomic E-state index is -2.79. The van der Waals surface area contributed by atoms with Gasteiger partial charge in [0.05, 0.1) is 4.91 Å². The van der Waals surface area contributed by atoms with Gasteiger partial charge >= 0.3 is 0 Å². The summed E-state index contributed by atoms with van der Waals surface area (Å²) in [5.74, 6) is 0. The van der Waals surface area contributed by atoms with E-state index in [0.717, 1.165) is 0 Å². The fourth-order valence-electron chi connectivity index (χ4n) is 0.413. The molecule has 0 aromatic heterocycles. The third-order valence-electron chi connectivity index (χ3n) is 1.01. The van der Waals surface area contributed by atoms with Crippen molar-refractivity contribution in [2.24, 2.45) is 0 Å². The summed E-state index contributed by atoms with van der Waals surface area (Å²) in [4.78, 5) is 0.303. The smallest absolute Gasteiger partial charge is 0.133 e. The van der Waals surface area contributed by atoms with Crippen molar-refractivity contribution in [3.63, 3.8) is 0 Å². The van der Waals surface area contributed by atoms with Crippen LogP contribution in [0.1, 0.15) is 6.92 Å². The van der Waals surface area contributed by atoms with Crippen molar-refractivity contribution in [2.75, 3.05) is 7.05 Å². The summed E-state index contributed by atoms with van der Waals surface area (Å²) in [6.07, 6.45) is 3.26. The van der Waals surface area contributed by atoms with Crippen molar-refractivity contribution in [3.8, 4) is 0 Å². The Bertz CT molecular complexity index is 238. The summed E-state index contributed by atoms with van der Waals surface area (Å²) in [7, 11) is -1.32. The molecule has 0 bridgehead atoms. The maximum absolute atomic E-state index is 11.0. The molecule has 10 heavy (non-hydrogen) atoms. The van der Waals surface area contributed by atoms with E-state index in [2.05, 4.69) is 11.3 Å². The standard InChI is InChI=1S/C6H12N2OS/c1-4-5-6(2)10(7,9)8-3/h4-5H,2H2,1,3H3,(H2,7,8,9)/b5-4-. The number of hydrogen-bond acceptors (Lipinski definition) is 2. The molecule has 0 aromatic carbocycles. The fraction of sp³-hybridized carbons (Fsp3) is 0.333. The second-order valence-corrected chi connectivity index (χ2v) is 3.77. The van der Waals surface area contributed by atoms with Crippen LogP contribution >= 0.6 is 0 Å². The Hall–Kier alpha value is -0.610. The van der Waals surface area contributed by atoms with Gasteiger partial charge in [0.15, 0.2) is 0 Å². The predicted octanol–water partition coefficient (Wildman–Crippen LogP) is 1.26. The number of rotatable bonds is 3. The van der Waals surface area contributed by atoms with E-state index in [1.807, 2.05) is 0 Å². The molecule has 3 nitrogen and oxygen atoms in total. The van der Waals surface area contributed by atoms with Crippen LogP contribution in [0.3, 0.4) is 0 Å². The topological polar surface area (TPSA) is 53.0 Å². The Morgan fingerprint density at radius 2 is 2.30 bits per heavy atom. The first-order valence-electron chi connectivity index (χ1n) is 2.83. The number of nitrogens with one attached hydrogen (secondary N) is 2.